The van der Waals surface area contributed by atoms with Crippen LogP contribution in [0.5, 0.6) is 5.75 Å². The summed E-state index contributed by atoms with van der Waals surface area (Å²) in [6.45, 7) is 4.37. The van der Waals surface area contributed by atoms with Gasteiger partial charge in [0.25, 0.3) is 11.5 Å². The molecule has 0 unspecified atom stereocenters. The molecule has 0 atom stereocenters. The summed E-state index contributed by atoms with van der Waals surface area (Å²) in [5, 5.41) is 0. The lowest BCUT2D eigenvalue weighted by atomic mass is 9.99. The van der Waals surface area contributed by atoms with Crippen LogP contribution < -0.4 is 10.3 Å². The number of aromatic nitrogens is 3. The minimum Gasteiger partial charge on any atom is -0.496 e. The minimum atomic E-state index is -0.209. The number of ether oxygens (including phenoxy) is 2. The van der Waals surface area contributed by atoms with Crippen LogP contribution in [0.15, 0.2) is 41.3 Å². The van der Waals surface area contributed by atoms with Crippen LogP contribution in [0.2, 0.25) is 0 Å². The van der Waals surface area contributed by atoms with E-state index in [9.17, 15) is 9.59 Å². The Kier molecular flexibility index (Phi) is 4.91. The summed E-state index contributed by atoms with van der Waals surface area (Å²) in [5.74, 6) is 1.86. The summed E-state index contributed by atoms with van der Waals surface area (Å²) in [6.07, 6.45) is 3.40. The summed E-state index contributed by atoms with van der Waals surface area (Å²) >= 11 is 0. The first-order valence-electron chi connectivity index (χ1n) is 11.6. The van der Waals surface area contributed by atoms with Gasteiger partial charge < -0.3 is 19.4 Å². The third-order valence-corrected chi connectivity index (χ3v) is 7.12. The molecule has 174 valence electrons. The Balaban J connectivity index is 1.43. The fourth-order valence-electron chi connectivity index (χ4n) is 5.31. The zero-order chi connectivity index (χ0) is 23.4. The van der Waals surface area contributed by atoms with Crippen molar-refractivity contribution in [2.45, 2.75) is 38.8 Å². The molecule has 34 heavy (non-hydrogen) atoms. The van der Waals surface area contributed by atoms with Gasteiger partial charge in [-0.1, -0.05) is 12.1 Å². The van der Waals surface area contributed by atoms with Crippen molar-refractivity contribution in [3.8, 4) is 5.75 Å². The molecule has 0 spiro atoms. The smallest absolute Gasteiger partial charge is 0.274 e. The molecule has 1 N–H and O–H groups in total. The summed E-state index contributed by atoms with van der Waals surface area (Å²) in [4.78, 5) is 35.8. The number of hydrogen-bond donors (Lipinski definition) is 1. The van der Waals surface area contributed by atoms with Gasteiger partial charge >= 0.3 is 0 Å². The average molecular weight is 459 g/mol. The SMILES string of the molecule is COc1cccc2c1CN(C(=O)c1cc3[nH]c(=O)c4cnc(C5CCOCC5)n4c3cc1C)C2. The predicted octanol–water partition coefficient (Wildman–Crippen LogP) is 3.54. The molecule has 8 heteroatoms. The van der Waals surface area contributed by atoms with E-state index in [1.54, 1.807) is 13.3 Å². The number of H-pyrrole nitrogens is 1. The Morgan fingerprint density at radius 3 is 2.79 bits per heavy atom. The van der Waals surface area contributed by atoms with Gasteiger partial charge in [0.1, 0.15) is 17.1 Å². The minimum absolute atomic E-state index is 0.0612. The number of imidazole rings is 1. The molecule has 4 aromatic rings. The Hall–Kier alpha value is -3.65. The van der Waals surface area contributed by atoms with Crippen molar-refractivity contribution >= 4 is 22.5 Å². The molecule has 1 saturated heterocycles. The maximum atomic E-state index is 13.6. The fraction of sp³-hybridized carbons (Fsp3) is 0.346. The van der Waals surface area contributed by atoms with Gasteiger partial charge in [-0.25, -0.2) is 4.98 Å². The Bertz CT molecular complexity index is 1500. The number of carbonyl (C=O) groups is 1. The number of fused-ring (bicyclic) bond motifs is 4. The van der Waals surface area contributed by atoms with Crippen LogP contribution in [-0.4, -0.2) is 45.5 Å². The number of nitrogens with zero attached hydrogens (tertiary/aromatic N) is 3. The molecule has 1 amide bonds. The van der Waals surface area contributed by atoms with E-state index < -0.39 is 0 Å². The van der Waals surface area contributed by atoms with Crippen LogP contribution >= 0.6 is 0 Å². The van der Waals surface area contributed by atoms with Crippen LogP contribution in [-0.2, 0) is 17.8 Å². The number of aromatic amines is 1. The van der Waals surface area contributed by atoms with Gasteiger partial charge in [0.15, 0.2) is 0 Å². The highest BCUT2D eigenvalue weighted by atomic mass is 16.5. The van der Waals surface area contributed by atoms with Crippen molar-refractivity contribution in [1.82, 2.24) is 19.3 Å². The zero-order valence-electron chi connectivity index (χ0n) is 19.3. The van der Waals surface area contributed by atoms with Crippen LogP contribution in [0.1, 0.15) is 51.6 Å². The molecule has 2 aliphatic rings. The second-order valence-electron chi connectivity index (χ2n) is 9.12. The second kappa shape index (κ2) is 7.99. The van der Waals surface area contributed by atoms with E-state index in [0.29, 0.717) is 42.9 Å². The molecule has 2 aromatic carbocycles. The highest BCUT2D eigenvalue weighted by Gasteiger charge is 2.28. The van der Waals surface area contributed by atoms with Gasteiger partial charge in [0.2, 0.25) is 0 Å². The Morgan fingerprint density at radius 2 is 2.00 bits per heavy atom. The molecule has 0 saturated carbocycles. The Labute approximate surface area is 196 Å². The van der Waals surface area contributed by atoms with E-state index in [1.165, 1.54) is 0 Å². The van der Waals surface area contributed by atoms with Gasteiger partial charge in [-0.2, -0.15) is 0 Å². The van der Waals surface area contributed by atoms with Gasteiger partial charge in [0.05, 0.1) is 30.9 Å². The first-order valence-corrected chi connectivity index (χ1v) is 11.6. The van der Waals surface area contributed by atoms with Crippen molar-refractivity contribution in [1.29, 1.82) is 0 Å². The van der Waals surface area contributed by atoms with Crippen molar-refractivity contribution in [2.75, 3.05) is 20.3 Å². The zero-order valence-corrected chi connectivity index (χ0v) is 19.3. The number of amides is 1. The average Bonchev–Trinajstić information content (AvgIpc) is 3.50. The standard InChI is InChI=1S/C26H26N4O4/c1-15-10-21-20(28-25(31)22-12-27-24(30(21)22)16-6-8-34-9-7-16)11-18(15)26(32)29-13-17-4-3-5-23(33-2)19(17)14-29/h3-5,10-12,16H,6-9,13-14H2,1-2H3,(H,28,31). The van der Waals surface area contributed by atoms with Crippen LogP contribution in [0.25, 0.3) is 16.6 Å². The molecule has 0 radical (unpaired) electrons. The topological polar surface area (TPSA) is 88.9 Å². The first-order chi connectivity index (χ1) is 16.5. The molecule has 2 aliphatic heterocycles. The van der Waals surface area contributed by atoms with E-state index >= 15 is 0 Å². The molecule has 6 rings (SSSR count). The van der Waals surface area contributed by atoms with Gasteiger partial charge in [-0.15, -0.1) is 0 Å². The lowest BCUT2D eigenvalue weighted by Crippen LogP contribution is -2.26. The largest absolute Gasteiger partial charge is 0.496 e. The number of methoxy groups -OCH3 is 1. The highest BCUT2D eigenvalue weighted by Crippen LogP contribution is 2.33. The monoisotopic (exact) mass is 458 g/mol. The van der Waals surface area contributed by atoms with Crippen molar-refractivity contribution in [3.05, 3.63) is 75.0 Å². The van der Waals surface area contributed by atoms with E-state index in [2.05, 4.69) is 9.97 Å². The van der Waals surface area contributed by atoms with Gasteiger partial charge in [-0.3, -0.25) is 14.0 Å². The number of carbonyl (C=O) groups excluding carboxylic acids is 1. The van der Waals surface area contributed by atoms with Crippen molar-refractivity contribution < 1.29 is 14.3 Å². The highest BCUT2D eigenvalue weighted by molar-refractivity contribution is 5.99. The maximum Gasteiger partial charge on any atom is 0.274 e. The summed E-state index contributed by atoms with van der Waals surface area (Å²) in [7, 11) is 1.65. The summed E-state index contributed by atoms with van der Waals surface area (Å²) in [6, 6.07) is 9.69. The Morgan fingerprint density at radius 1 is 1.18 bits per heavy atom. The summed E-state index contributed by atoms with van der Waals surface area (Å²) in [5.41, 5.74) is 5.39. The molecular formula is C26H26N4O4. The molecule has 0 bridgehead atoms. The van der Waals surface area contributed by atoms with Gasteiger partial charge in [0, 0.05) is 36.8 Å². The summed E-state index contributed by atoms with van der Waals surface area (Å²) < 4.78 is 13.0. The van der Waals surface area contributed by atoms with Crippen LogP contribution in [0, 0.1) is 6.92 Å². The van der Waals surface area contributed by atoms with Crippen molar-refractivity contribution in [2.24, 2.45) is 0 Å². The maximum absolute atomic E-state index is 13.6. The normalized spacial score (nSPS) is 16.4. The molecule has 0 aliphatic carbocycles. The predicted molar refractivity (Wildman–Crippen MR) is 127 cm³/mol. The second-order valence-corrected chi connectivity index (χ2v) is 9.12. The molecule has 8 nitrogen and oxygen atoms in total. The number of benzene rings is 2. The van der Waals surface area contributed by atoms with Crippen LogP contribution in [0.3, 0.4) is 0 Å². The first kappa shape index (κ1) is 20.9. The van der Waals surface area contributed by atoms with Crippen molar-refractivity contribution in [3.63, 3.8) is 0 Å². The van der Waals surface area contributed by atoms with E-state index in [1.807, 2.05) is 46.6 Å². The number of aryl methyl sites for hydroxylation is 1. The fourth-order valence-corrected chi connectivity index (χ4v) is 5.31. The lowest BCUT2D eigenvalue weighted by Gasteiger charge is -2.22. The molecule has 1 fully saturated rings. The van der Waals surface area contributed by atoms with E-state index in [4.69, 9.17) is 9.47 Å². The van der Waals surface area contributed by atoms with Gasteiger partial charge in [-0.05, 0) is 49.1 Å². The molecular weight excluding hydrogens is 432 g/mol. The lowest BCUT2D eigenvalue weighted by molar-refractivity contribution is 0.0750. The third-order valence-electron chi connectivity index (χ3n) is 7.12. The molecule has 2 aromatic heterocycles. The quantitative estimate of drug-likeness (QED) is 0.507. The number of hydrogen-bond acceptors (Lipinski definition) is 5. The van der Waals surface area contributed by atoms with E-state index in [0.717, 1.165) is 46.6 Å². The third kappa shape index (κ3) is 3.20. The van der Waals surface area contributed by atoms with Crippen LogP contribution in [0.4, 0.5) is 0 Å². The molecule has 4 heterocycles. The number of rotatable bonds is 3. The van der Waals surface area contributed by atoms with E-state index in [-0.39, 0.29) is 17.4 Å². The number of nitrogens with one attached hydrogen (secondary N) is 1.